The number of aliphatic hydroxyl groups excluding tert-OH is 3. The summed E-state index contributed by atoms with van der Waals surface area (Å²) in [7, 11) is 1.41. The van der Waals surface area contributed by atoms with Crippen LogP contribution < -0.4 is 0 Å². The average molecular weight is 347 g/mol. The van der Waals surface area contributed by atoms with Crippen LogP contribution in [0, 0.1) is 0 Å². The summed E-state index contributed by atoms with van der Waals surface area (Å²) >= 11 is 0. The van der Waals surface area contributed by atoms with Crippen molar-refractivity contribution in [1.29, 1.82) is 0 Å². The molecule has 144 valence electrons. The molecule has 0 fully saturated rings. The van der Waals surface area contributed by atoms with Crippen LogP contribution in [0.15, 0.2) is 0 Å². The monoisotopic (exact) mass is 346 g/mol. The van der Waals surface area contributed by atoms with Gasteiger partial charge in [-0.05, 0) is 19.3 Å². The zero-order valence-electron chi connectivity index (χ0n) is 15.6. The fraction of sp³-hybridized carbons (Fsp3) is 0.947. The minimum atomic E-state index is -1.03. The highest BCUT2D eigenvalue weighted by molar-refractivity contribution is 5.68. The quantitative estimate of drug-likeness (QED) is 0.295. The lowest BCUT2D eigenvalue weighted by molar-refractivity contribution is -0.140. The molecule has 3 N–H and O–H groups in total. The number of rotatable bonds is 16. The Bertz CT molecular complexity index is 295. The summed E-state index contributed by atoms with van der Waals surface area (Å²) in [6, 6.07) is 0. The second-order valence-corrected chi connectivity index (χ2v) is 6.71. The maximum atomic E-state index is 10.9. The molecule has 0 radical (unpaired) electrons. The average Bonchev–Trinajstić information content (AvgIpc) is 2.59. The topological polar surface area (TPSA) is 87.0 Å². The number of ether oxygens (including phenoxy) is 1. The molecular formula is C19H38O5. The highest BCUT2D eigenvalue weighted by Gasteiger charge is 2.23. The molecule has 5 heteroatoms. The van der Waals surface area contributed by atoms with E-state index in [9.17, 15) is 20.1 Å². The van der Waals surface area contributed by atoms with E-state index < -0.39 is 18.3 Å². The fourth-order valence-electron chi connectivity index (χ4n) is 2.81. The van der Waals surface area contributed by atoms with E-state index in [0.717, 1.165) is 64.2 Å². The van der Waals surface area contributed by atoms with E-state index in [1.165, 1.54) is 7.11 Å². The molecule has 0 saturated carbocycles. The molecule has 0 saturated heterocycles. The maximum Gasteiger partial charge on any atom is 0.305 e. The standard InChI is InChI=1S/C19H38O5/c1-3-4-10-13-16(20)19(23)17(21)14-11-8-6-5-7-9-12-15-18(22)24-2/h16-17,19-21,23H,3-15H2,1-2H3. The number of carbonyl (C=O) groups is 1. The number of methoxy groups -OCH3 is 1. The number of carbonyl (C=O) groups excluding carboxylic acids is 1. The molecule has 0 aliphatic heterocycles. The van der Waals surface area contributed by atoms with Crippen molar-refractivity contribution in [3.8, 4) is 0 Å². The summed E-state index contributed by atoms with van der Waals surface area (Å²) in [6.07, 6.45) is 9.06. The summed E-state index contributed by atoms with van der Waals surface area (Å²) in [5, 5.41) is 29.7. The molecule has 0 aliphatic carbocycles. The van der Waals surface area contributed by atoms with Crippen LogP contribution in [0.1, 0.15) is 90.4 Å². The predicted octanol–water partition coefficient (Wildman–Crippen LogP) is 3.33. The second kappa shape index (κ2) is 15.9. The molecule has 0 rings (SSSR count). The lowest BCUT2D eigenvalue weighted by Crippen LogP contribution is -2.37. The van der Waals surface area contributed by atoms with Gasteiger partial charge >= 0.3 is 5.97 Å². The normalized spacial score (nSPS) is 15.0. The molecular weight excluding hydrogens is 308 g/mol. The SMILES string of the molecule is CCCCCC(O)C(O)C(O)CCCCCCCCCC(=O)OC. The van der Waals surface area contributed by atoms with E-state index in [1.807, 2.05) is 0 Å². The van der Waals surface area contributed by atoms with Gasteiger partial charge in [-0.15, -0.1) is 0 Å². The Morgan fingerprint density at radius 3 is 1.75 bits per heavy atom. The highest BCUT2D eigenvalue weighted by atomic mass is 16.5. The van der Waals surface area contributed by atoms with E-state index >= 15 is 0 Å². The van der Waals surface area contributed by atoms with Crippen LogP contribution in [0.25, 0.3) is 0 Å². The molecule has 0 spiro atoms. The van der Waals surface area contributed by atoms with Gasteiger partial charge in [0.2, 0.25) is 0 Å². The maximum absolute atomic E-state index is 10.9. The molecule has 3 atom stereocenters. The van der Waals surface area contributed by atoms with Gasteiger partial charge < -0.3 is 20.1 Å². The summed E-state index contributed by atoms with van der Waals surface area (Å²) in [5.74, 6) is -0.139. The van der Waals surface area contributed by atoms with Gasteiger partial charge in [0.05, 0.1) is 19.3 Å². The van der Waals surface area contributed by atoms with Crippen molar-refractivity contribution >= 4 is 5.97 Å². The van der Waals surface area contributed by atoms with E-state index in [1.54, 1.807) is 0 Å². The Labute approximate surface area is 147 Å². The molecule has 0 aliphatic rings. The van der Waals surface area contributed by atoms with E-state index in [0.29, 0.717) is 19.3 Å². The minimum absolute atomic E-state index is 0.139. The molecule has 5 nitrogen and oxygen atoms in total. The number of esters is 1. The third-order valence-corrected chi connectivity index (χ3v) is 4.50. The van der Waals surface area contributed by atoms with Crippen molar-refractivity contribution in [1.82, 2.24) is 0 Å². The van der Waals surface area contributed by atoms with Gasteiger partial charge in [0.15, 0.2) is 0 Å². The zero-order valence-corrected chi connectivity index (χ0v) is 15.6. The molecule has 24 heavy (non-hydrogen) atoms. The first-order valence-electron chi connectivity index (χ1n) is 9.63. The summed E-state index contributed by atoms with van der Waals surface area (Å²) in [5.41, 5.74) is 0. The van der Waals surface area contributed by atoms with Crippen LogP contribution in [0.3, 0.4) is 0 Å². The van der Waals surface area contributed by atoms with Gasteiger partial charge in [-0.3, -0.25) is 4.79 Å². The van der Waals surface area contributed by atoms with Gasteiger partial charge in [0, 0.05) is 6.42 Å². The predicted molar refractivity (Wildman–Crippen MR) is 95.7 cm³/mol. The van der Waals surface area contributed by atoms with Gasteiger partial charge in [-0.25, -0.2) is 0 Å². The zero-order chi connectivity index (χ0) is 18.2. The summed E-state index contributed by atoms with van der Waals surface area (Å²) in [6.45, 7) is 2.09. The van der Waals surface area contributed by atoms with Crippen LogP contribution in [-0.2, 0) is 9.53 Å². The number of hydrogen-bond donors (Lipinski definition) is 3. The third kappa shape index (κ3) is 12.7. The first-order valence-corrected chi connectivity index (χ1v) is 9.63. The van der Waals surface area contributed by atoms with Crippen LogP contribution >= 0.6 is 0 Å². The van der Waals surface area contributed by atoms with E-state index in [-0.39, 0.29) is 5.97 Å². The Kier molecular flexibility index (Phi) is 15.4. The minimum Gasteiger partial charge on any atom is -0.469 e. The van der Waals surface area contributed by atoms with Crippen molar-refractivity contribution in [3.63, 3.8) is 0 Å². The van der Waals surface area contributed by atoms with Crippen LogP contribution in [0.2, 0.25) is 0 Å². The second-order valence-electron chi connectivity index (χ2n) is 6.71. The molecule has 0 amide bonds. The van der Waals surface area contributed by atoms with Crippen LogP contribution in [0.5, 0.6) is 0 Å². The van der Waals surface area contributed by atoms with E-state index in [2.05, 4.69) is 11.7 Å². The number of unbranched alkanes of at least 4 members (excludes halogenated alkanes) is 8. The van der Waals surface area contributed by atoms with Gasteiger partial charge in [0.1, 0.15) is 6.10 Å². The lowest BCUT2D eigenvalue weighted by atomic mass is 9.98. The van der Waals surface area contributed by atoms with Gasteiger partial charge in [-0.2, -0.15) is 0 Å². The van der Waals surface area contributed by atoms with Crippen molar-refractivity contribution in [3.05, 3.63) is 0 Å². The third-order valence-electron chi connectivity index (χ3n) is 4.50. The molecule has 3 unspecified atom stereocenters. The Balaban J connectivity index is 3.50. The van der Waals surface area contributed by atoms with Crippen molar-refractivity contribution in [2.24, 2.45) is 0 Å². The number of aliphatic hydroxyl groups is 3. The molecule has 0 bridgehead atoms. The molecule has 0 aromatic heterocycles. The van der Waals surface area contributed by atoms with Crippen LogP contribution in [-0.4, -0.2) is 46.7 Å². The van der Waals surface area contributed by atoms with Gasteiger partial charge in [0.25, 0.3) is 0 Å². The molecule has 0 aromatic rings. The molecule has 0 aromatic carbocycles. The smallest absolute Gasteiger partial charge is 0.305 e. The first kappa shape index (κ1) is 23.4. The Hall–Kier alpha value is -0.650. The van der Waals surface area contributed by atoms with E-state index in [4.69, 9.17) is 0 Å². The van der Waals surface area contributed by atoms with Crippen molar-refractivity contribution in [2.45, 2.75) is 109 Å². The fourth-order valence-corrected chi connectivity index (χ4v) is 2.81. The largest absolute Gasteiger partial charge is 0.469 e. The summed E-state index contributed by atoms with van der Waals surface area (Å²) < 4.78 is 4.59. The van der Waals surface area contributed by atoms with Crippen molar-refractivity contribution in [2.75, 3.05) is 7.11 Å². The molecule has 0 heterocycles. The van der Waals surface area contributed by atoms with Crippen LogP contribution in [0.4, 0.5) is 0 Å². The van der Waals surface area contributed by atoms with Crippen molar-refractivity contribution < 1.29 is 24.9 Å². The number of hydrogen-bond acceptors (Lipinski definition) is 5. The van der Waals surface area contributed by atoms with Gasteiger partial charge in [-0.1, -0.05) is 64.7 Å². The highest BCUT2D eigenvalue weighted by Crippen LogP contribution is 2.15. The Morgan fingerprint density at radius 1 is 0.792 bits per heavy atom. The lowest BCUT2D eigenvalue weighted by Gasteiger charge is -2.23. The first-order chi connectivity index (χ1) is 11.5. The Morgan fingerprint density at radius 2 is 1.25 bits per heavy atom. The summed E-state index contributed by atoms with van der Waals surface area (Å²) in [4.78, 5) is 10.9.